The molecule has 0 atom stereocenters. The molecule has 4 heteroatoms. The van der Waals surface area contributed by atoms with Crippen LogP contribution in [0, 0.1) is 0 Å². The van der Waals surface area contributed by atoms with Crippen molar-refractivity contribution in [2.24, 2.45) is 0 Å². The number of hydrogen-bond donors (Lipinski definition) is 0. The maximum atomic E-state index is 11.5. The van der Waals surface area contributed by atoms with Crippen molar-refractivity contribution in [1.82, 2.24) is 0 Å². The Morgan fingerprint density at radius 1 is 1.38 bits per heavy atom. The van der Waals surface area contributed by atoms with Crippen LogP contribution >= 0.6 is 23.2 Å². The highest BCUT2D eigenvalue weighted by Gasteiger charge is 2.35. The summed E-state index contributed by atoms with van der Waals surface area (Å²) in [4.78, 5) is 11.5. The van der Waals surface area contributed by atoms with E-state index < -0.39 is 10.3 Å². The molecule has 0 aromatic carbocycles. The van der Waals surface area contributed by atoms with Gasteiger partial charge in [-0.05, 0) is 39.5 Å². The molecule has 0 spiro atoms. The van der Waals surface area contributed by atoms with Crippen molar-refractivity contribution in [3.63, 3.8) is 0 Å². The quantitative estimate of drug-likeness (QED) is 0.298. The lowest BCUT2D eigenvalue weighted by molar-refractivity contribution is -0.148. The van der Waals surface area contributed by atoms with Gasteiger partial charge in [0.25, 0.3) is 0 Å². The zero-order valence-electron chi connectivity index (χ0n) is 10.1. The van der Waals surface area contributed by atoms with E-state index >= 15 is 0 Å². The summed E-state index contributed by atoms with van der Waals surface area (Å²) in [6.45, 7) is 5.61. The Morgan fingerprint density at radius 2 is 2.00 bits per heavy atom. The standard InChI is InChI=1S/C12H20Cl2O2/c1-4-5-6-7-8-9-12(13,14)11(15)16-10(2)3/h5-6,10H,4,7-9H2,1-3H3/b6-5-. The minimum Gasteiger partial charge on any atom is -0.461 e. The van der Waals surface area contributed by atoms with Crippen molar-refractivity contribution in [3.05, 3.63) is 12.2 Å². The van der Waals surface area contributed by atoms with E-state index in [4.69, 9.17) is 27.9 Å². The molecule has 0 aliphatic heterocycles. The van der Waals surface area contributed by atoms with Gasteiger partial charge < -0.3 is 4.74 Å². The number of hydrogen-bond acceptors (Lipinski definition) is 2. The van der Waals surface area contributed by atoms with Crippen LogP contribution in [0.2, 0.25) is 0 Å². The Balaban J connectivity index is 3.94. The van der Waals surface area contributed by atoms with Crippen LogP contribution < -0.4 is 0 Å². The fraction of sp³-hybridized carbons (Fsp3) is 0.750. The van der Waals surface area contributed by atoms with Crippen molar-refractivity contribution in [2.45, 2.75) is 56.9 Å². The van der Waals surface area contributed by atoms with E-state index in [9.17, 15) is 4.79 Å². The molecule has 0 bridgehead atoms. The first-order valence-corrected chi connectivity index (χ1v) is 6.39. The number of rotatable bonds is 7. The molecule has 0 aromatic heterocycles. The Labute approximate surface area is 108 Å². The highest BCUT2D eigenvalue weighted by molar-refractivity contribution is 6.57. The lowest BCUT2D eigenvalue weighted by Gasteiger charge is -2.19. The van der Waals surface area contributed by atoms with Crippen LogP contribution in [0.1, 0.15) is 46.5 Å². The first-order valence-electron chi connectivity index (χ1n) is 5.64. The Kier molecular flexibility index (Phi) is 7.86. The SMILES string of the molecule is CC/C=C\CCCC(Cl)(Cl)C(=O)OC(C)C. The second-order valence-electron chi connectivity index (χ2n) is 3.93. The average Bonchev–Trinajstić information content (AvgIpc) is 2.16. The zero-order valence-corrected chi connectivity index (χ0v) is 11.6. The van der Waals surface area contributed by atoms with Crippen molar-refractivity contribution in [2.75, 3.05) is 0 Å². The van der Waals surface area contributed by atoms with E-state index in [2.05, 4.69) is 19.1 Å². The van der Waals surface area contributed by atoms with Gasteiger partial charge in [0.15, 0.2) is 0 Å². The van der Waals surface area contributed by atoms with Crippen molar-refractivity contribution >= 4 is 29.2 Å². The number of carbonyl (C=O) groups excluding carboxylic acids is 1. The van der Waals surface area contributed by atoms with Gasteiger partial charge in [0.2, 0.25) is 4.33 Å². The van der Waals surface area contributed by atoms with Gasteiger partial charge in [0.05, 0.1) is 6.10 Å². The topological polar surface area (TPSA) is 26.3 Å². The van der Waals surface area contributed by atoms with Crippen LogP contribution in [0.4, 0.5) is 0 Å². The van der Waals surface area contributed by atoms with Crippen LogP contribution in [0.5, 0.6) is 0 Å². The molecule has 0 aliphatic carbocycles. The third-order valence-corrected chi connectivity index (χ3v) is 2.59. The summed E-state index contributed by atoms with van der Waals surface area (Å²) in [5.41, 5.74) is 0. The highest BCUT2D eigenvalue weighted by atomic mass is 35.5. The number of carbonyl (C=O) groups is 1. The maximum absolute atomic E-state index is 11.5. The predicted octanol–water partition coefficient (Wildman–Crippen LogP) is 4.25. The van der Waals surface area contributed by atoms with Crippen LogP contribution in [0.3, 0.4) is 0 Å². The summed E-state index contributed by atoms with van der Waals surface area (Å²) in [5.74, 6) is -0.551. The summed E-state index contributed by atoms with van der Waals surface area (Å²) >= 11 is 11.8. The van der Waals surface area contributed by atoms with Crippen LogP contribution in [-0.4, -0.2) is 16.4 Å². The molecule has 0 amide bonds. The molecule has 0 aromatic rings. The Hall–Kier alpha value is -0.210. The van der Waals surface area contributed by atoms with Crippen LogP contribution in [-0.2, 0) is 9.53 Å². The molecule has 0 saturated carbocycles. The Morgan fingerprint density at radius 3 is 2.50 bits per heavy atom. The van der Waals surface area contributed by atoms with E-state index in [0.717, 1.165) is 19.3 Å². The van der Waals surface area contributed by atoms with Crippen molar-refractivity contribution < 1.29 is 9.53 Å². The summed E-state index contributed by atoms with van der Waals surface area (Å²) in [6, 6.07) is 0. The molecule has 0 heterocycles. The number of ether oxygens (including phenoxy) is 1. The number of allylic oxidation sites excluding steroid dienone is 2. The van der Waals surface area contributed by atoms with Gasteiger partial charge in [-0.3, -0.25) is 0 Å². The van der Waals surface area contributed by atoms with Crippen LogP contribution in [0.25, 0.3) is 0 Å². The lowest BCUT2D eigenvalue weighted by atomic mass is 10.1. The molecule has 0 radical (unpaired) electrons. The number of esters is 1. The second kappa shape index (κ2) is 7.97. The molecule has 0 saturated heterocycles. The molecular weight excluding hydrogens is 247 g/mol. The maximum Gasteiger partial charge on any atom is 0.342 e. The molecule has 94 valence electrons. The summed E-state index contributed by atoms with van der Waals surface area (Å²) in [5, 5.41) is 0. The molecule has 0 N–H and O–H groups in total. The van der Waals surface area contributed by atoms with Gasteiger partial charge in [-0.25, -0.2) is 4.79 Å². The third kappa shape index (κ3) is 7.13. The van der Waals surface area contributed by atoms with E-state index in [0.29, 0.717) is 6.42 Å². The van der Waals surface area contributed by atoms with Crippen molar-refractivity contribution in [1.29, 1.82) is 0 Å². The number of alkyl halides is 2. The van der Waals surface area contributed by atoms with Gasteiger partial charge >= 0.3 is 5.97 Å². The fourth-order valence-corrected chi connectivity index (χ4v) is 1.49. The smallest absolute Gasteiger partial charge is 0.342 e. The predicted molar refractivity (Wildman–Crippen MR) is 68.9 cm³/mol. The van der Waals surface area contributed by atoms with Gasteiger partial charge in [-0.15, -0.1) is 0 Å². The summed E-state index contributed by atoms with van der Waals surface area (Å²) in [6.07, 6.45) is 7.04. The second-order valence-corrected chi connectivity index (χ2v) is 5.41. The van der Waals surface area contributed by atoms with E-state index in [1.807, 2.05) is 0 Å². The van der Waals surface area contributed by atoms with Gasteiger partial charge in [-0.2, -0.15) is 0 Å². The molecule has 2 nitrogen and oxygen atoms in total. The first kappa shape index (κ1) is 15.8. The molecular formula is C12H20Cl2O2. The van der Waals surface area contributed by atoms with Crippen LogP contribution in [0.15, 0.2) is 12.2 Å². The van der Waals surface area contributed by atoms with Gasteiger partial charge in [-0.1, -0.05) is 42.3 Å². The number of halogens is 2. The largest absolute Gasteiger partial charge is 0.461 e. The summed E-state index contributed by atoms with van der Waals surface area (Å²) in [7, 11) is 0. The van der Waals surface area contributed by atoms with E-state index in [-0.39, 0.29) is 6.10 Å². The molecule has 0 unspecified atom stereocenters. The monoisotopic (exact) mass is 266 g/mol. The minimum atomic E-state index is -1.41. The molecule has 0 fully saturated rings. The first-order chi connectivity index (χ1) is 7.40. The van der Waals surface area contributed by atoms with Crippen molar-refractivity contribution in [3.8, 4) is 0 Å². The number of unbranched alkanes of at least 4 members (excludes halogenated alkanes) is 1. The third-order valence-electron chi connectivity index (χ3n) is 1.91. The lowest BCUT2D eigenvalue weighted by Crippen LogP contribution is -2.30. The minimum absolute atomic E-state index is 0.190. The normalized spacial score (nSPS) is 12.4. The average molecular weight is 267 g/mol. The van der Waals surface area contributed by atoms with Gasteiger partial charge in [0.1, 0.15) is 0 Å². The molecule has 16 heavy (non-hydrogen) atoms. The van der Waals surface area contributed by atoms with E-state index in [1.54, 1.807) is 13.8 Å². The highest BCUT2D eigenvalue weighted by Crippen LogP contribution is 2.29. The Bertz CT molecular complexity index is 235. The fourth-order valence-electron chi connectivity index (χ4n) is 1.13. The van der Waals surface area contributed by atoms with E-state index in [1.165, 1.54) is 0 Å². The zero-order chi connectivity index (χ0) is 12.6. The molecule has 0 rings (SSSR count). The van der Waals surface area contributed by atoms with Gasteiger partial charge in [0, 0.05) is 0 Å². The molecule has 0 aliphatic rings. The summed E-state index contributed by atoms with van der Waals surface area (Å²) < 4.78 is 3.56.